The van der Waals surface area contributed by atoms with Crippen LogP contribution in [0.15, 0.2) is 48.0 Å². The molecule has 1 unspecified atom stereocenters. The van der Waals surface area contributed by atoms with Crippen LogP contribution in [0.1, 0.15) is 40.6 Å². The number of thiazole rings is 1. The molecule has 0 spiro atoms. The highest BCUT2D eigenvalue weighted by atomic mass is 32.1. The Bertz CT molecular complexity index is 913. The van der Waals surface area contributed by atoms with Crippen molar-refractivity contribution in [3.8, 4) is 0 Å². The lowest BCUT2D eigenvalue weighted by Crippen LogP contribution is -2.39. The molecule has 0 bridgehead atoms. The average molecular weight is 379 g/mol. The molecule has 1 aliphatic rings. The number of piperidine rings is 1. The molecule has 1 amide bonds. The molecule has 1 atom stereocenters. The van der Waals surface area contributed by atoms with E-state index in [0.717, 1.165) is 47.4 Å². The first kappa shape index (κ1) is 17.6. The molecule has 6 nitrogen and oxygen atoms in total. The van der Waals surface area contributed by atoms with E-state index in [0.29, 0.717) is 6.54 Å². The number of benzene rings is 1. The lowest BCUT2D eigenvalue weighted by Gasteiger charge is -2.32. The summed E-state index contributed by atoms with van der Waals surface area (Å²) in [6.07, 6.45) is 3.70. The second-order valence-corrected chi connectivity index (χ2v) is 7.57. The van der Waals surface area contributed by atoms with Gasteiger partial charge in [0, 0.05) is 47.9 Å². The van der Waals surface area contributed by atoms with Crippen LogP contribution in [0.5, 0.6) is 0 Å². The Morgan fingerprint density at radius 1 is 1.26 bits per heavy atom. The van der Waals surface area contributed by atoms with Crippen LogP contribution < -0.4 is 5.32 Å². The highest BCUT2D eigenvalue weighted by Crippen LogP contribution is 2.27. The van der Waals surface area contributed by atoms with Crippen molar-refractivity contribution in [3.63, 3.8) is 0 Å². The summed E-state index contributed by atoms with van der Waals surface area (Å²) in [5.74, 6) is 1.76. The third-order valence-electron chi connectivity index (χ3n) is 4.63. The van der Waals surface area contributed by atoms with Gasteiger partial charge in [-0.15, -0.1) is 11.3 Å². The zero-order valence-electron chi connectivity index (χ0n) is 15.1. The van der Waals surface area contributed by atoms with Gasteiger partial charge in [0.1, 0.15) is 11.6 Å². The number of rotatable bonds is 4. The maximum atomic E-state index is 12.8. The lowest BCUT2D eigenvalue weighted by molar-refractivity contribution is 0.0704. The molecular weight excluding hydrogens is 358 g/mol. The average Bonchev–Trinajstić information content (AvgIpc) is 3.21. The molecule has 1 fully saturated rings. The van der Waals surface area contributed by atoms with Crippen LogP contribution in [0.2, 0.25) is 0 Å². The fraction of sp³-hybridized carbons (Fsp3) is 0.300. The fourth-order valence-corrected chi connectivity index (χ4v) is 3.90. The van der Waals surface area contributed by atoms with E-state index < -0.39 is 0 Å². The van der Waals surface area contributed by atoms with Gasteiger partial charge in [0.15, 0.2) is 5.13 Å². The van der Waals surface area contributed by atoms with Crippen molar-refractivity contribution in [3.05, 3.63) is 65.1 Å². The SMILES string of the molecule is Cc1cc(Nc2nccs2)nc(C2CCCN(C(=O)c3ccccc3)C2)n1. The Balaban J connectivity index is 1.52. The molecule has 1 saturated heterocycles. The van der Waals surface area contributed by atoms with Gasteiger partial charge in [-0.3, -0.25) is 4.79 Å². The highest BCUT2D eigenvalue weighted by molar-refractivity contribution is 7.13. The first-order chi connectivity index (χ1) is 13.2. The molecule has 1 N–H and O–H groups in total. The smallest absolute Gasteiger partial charge is 0.253 e. The van der Waals surface area contributed by atoms with Crippen LogP contribution in [0.4, 0.5) is 10.9 Å². The Morgan fingerprint density at radius 3 is 2.89 bits per heavy atom. The number of carbonyl (C=O) groups is 1. The molecular formula is C20H21N5OS. The highest BCUT2D eigenvalue weighted by Gasteiger charge is 2.27. The van der Waals surface area contributed by atoms with E-state index in [4.69, 9.17) is 4.98 Å². The summed E-state index contributed by atoms with van der Waals surface area (Å²) in [5.41, 5.74) is 1.64. The molecule has 27 heavy (non-hydrogen) atoms. The van der Waals surface area contributed by atoms with Gasteiger partial charge in [0.05, 0.1) is 0 Å². The predicted octanol–water partition coefficient (Wildman–Crippen LogP) is 4.00. The van der Waals surface area contributed by atoms with E-state index in [2.05, 4.69) is 15.3 Å². The monoisotopic (exact) mass is 379 g/mol. The van der Waals surface area contributed by atoms with E-state index in [1.807, 2.05) is 53.6 Å². The Hall–Kier alpha value is -2.80. The number of nitrogens with one attached hydrogen (secondary N) is 1. The summed E-state index contributed by atoms with van der Waals surface area (Å²) in [6.45, 7) is 3.39. The Kier molecular flexibility index (Phi) is 5.11. The van der Waals surface area contributed by atoms with Crippen LogP contribution in [-0.2, 0) is 0 Å². The third kappa shape index (κ3) is 4.14. The second kappa shape index (κ2) is 7.84. The first-order valence-electron chi connectivity index (χ1n) is 9.05. The van der Waals surface area contributed by atoms with E-state index in [1.54, 1.807) is 6.20 Å². The van der Waals surface area contributed by atoms with E-state index in [9.17, 15) is 4.79 Å². The van der Waals surface area contributed by atoms with Gasteiger partial charge in [0.2, 0.25) is 0 Å². The molecule has 0 aliphatic carbocycles. The summed E-state index contributed by atoms with van der Waals surface area (Å²) < 4.78 is 0. The lowest BCUT2D eigenvalue weighted by atomic mass is 9.96. The van der Waals surface area contributed by atoms with Crippen molar-refractivity contribution in [1.82, 2.24) is 19.9 Å². The molecule has 7 heteroatoms. The fourth-order valence-electron chi connectivity index (χ4n) is 3.37. The molecule has 3 aromatic rings. The van der Waals surface area contributed by atoms with Crippen molar-refractivity contribution in [2.24, 2.45) is 0 Å². The Labute approximate surface area is 162 Å². The normalized spacial score (nSPS) is 16.9. The molecule has 0 radical (unpaired) electrons. The first-order valence-corrected chi connectivity index (χ1v) is 9.93. The second-order valence-electron chi connectivity index (χ2n) is 6.67. The van der Waals surface area contributed by atoms with Crippen molar-refractivity contribution < 1.29 is 4.79 Å². The summed E-state index contributed by atoms with van der Waals surface area (Å²) >= 11 is 1.53. The van der Waals surface area contributed by atoms with Crippen molar-refractivity contribution in [2.75, 3.05) is 18.4 Å². The number of likely N-dealkylation sites (tertiary alicyclic amines) is 1. The van der Waals surface area contributed by atoms with E-state index >= 15 is 0 Å². The molecule has 1 aliphatic heterocycles. The van der Waals surface area contributed by atoms with Gasteiger partial charge in [-0.2, -0.15) is 0 Å². The molecule has 1 aromatic carbocycles. The molecule has 2 aromatic heterocycles. The Morgan fingerprint density at radius 2 is 2.11 bits per heavy atom. The van der Waals surface area contributed by atoms with Crippen molar-refractivity contribution >= 4 is 28.2 Å². The van der Waals surface area contributed by atoms with Crippen LogP contribution in [0, 0.1) is 6.92 Å². The number of aromatic nitrogens is 3. The number of nitrogens with zero attached hydrogens (tertiary/aromatic N) is 4. The van der Waals surface area contributed by atoms with Gasteiger partial charge in [-0.1, -0.05) is 18.2 Å². The largest absolute Gasteiger partial charge is 0.338 e. The van der Waals surface area contributed by atoms with Gasteiger partial charge < -0.3 is 10.2 Å². The van der Waals surface area contributed by atoms with Gasteiger partial charge in [0.25, 0.3) is 5.91 Å². The molecule has 3 heterocycles. The van der Waals surface area contributed by atoms with Crippen LogP contribution in [0.25, 0.3) is 0 Å². The maximum absolute atomic E-state index is 12.8. The third-order valence-corrected chi connectivity index (χ3v) is 5.32. The summed E-state index contributed by atoms with van der Waals surface area (Å²) in [6, 6.07) is 11.4. The van der Waals surface area contributed by atoms with Crippen LogP contribution in [0.3, 0.4) is 0 Å². The van der Waals surface area contributed by atoms with Gasteiger partial charge in [-0.05, 0) is 31.9 Å². The quantitative estimate of drug-likeness (QED) is 0.742. The number of anilines is 2. The van der Waals surface area contributed by atoms with E-state index in [-0.39, 0.29) is 11.8 Å². The topological polar surface area (TPSA) is 71.0 Å². The maximum Gasteiger partial charge on any atom is 0.253 e. The van der Waals surface area contributed by atoms with Crippen LogP contribution in [-0.4, -0.2) is 38.8 Å². The molecule has 0 saturated carbocycles. The number of carbonyl (C=O) groups excluding carboxylic acids is 1. The number of hydrogen-bond donors (Lipinski definition) is 1. The predicted molar refractivity (Wildman–Crippen MR) is 106 cm³/mol. The van der Waals surface area contributed by atoms with Crippen molar-refractivity contribution in [1.29, 1.82) is 0 Å². The minimum atomic E-state index is 0.0779. The minimum absolute atomic E-state index is 0.0779. The standard InChI is InChI=1S/C20H21N5OS/c1-14-12-17(24-20-21-9-11-27-20)23-18(22-14)16-8-5-10-25(13-16)19(26)15-6-3-2-4-7-15/h2-4,6-7,9,11-12,16H,5,8,10,13H2,1H3,(H,21,22,23,24). The van der Waals surface area contributed by atoms with Crippen LogP contribution >= 0.6 is 11.3 Å². The summed E-state index contributed by atoms with van der Waals surface area (Å²) in [4.78, 5) is 28.3. The van der Waals surface area contributed by atoms with Gasteiger partial charge >= 0.3 is 0 Å². The minimum Gasteiger partial charge on any atom is -0.338 e. The van der Waals surface area contributed by atoms with Gasteiger partial charge in [-0.25, -0.2) is 15.0 Å². The number of aryl methyl sites for hydroxylation is 1. The zero-order chi connectivity index (χ0) is 18.6. The molecule has 138 valence electrons. The summed E-state index contributed by atoms with van der Waals surface area (Å²) in [7, 11) is 0. The number of hydrogen-bond acceptors (Lipinski definition) is 6. The zero-order valence-corrected chi connectivity index (χ0v) is 15.9. The number of amides is 1. The van der Waals surface area contributed by atoms with E-state index in [1.165, 1.54) is 11.3 Å². The molecule has 4 rings (SSSR count). The summed E-state index contributed by atoms with van der Waals surface area (Å²) in [5, 5.41) is 5.97. The van der Waals surface area contributed by atoms with Crippen molar-refractivity contribution in [2.45, 2.75) is 25.7 Å².